The van der Waals surface area contributed by atoms with Crippen molar-refractivity contribution >= 4 is 11.4 Å². The molecule has 0 aliphatic carbocycles. The van der Waals surface area contributed by atoms with Crippen LogP contribution >= 0.6 is 0 Å². The van der Waals surface area contributed by atoms with Crippen LogP contribution in [0.5, 0.6) is 5.75 Å². The summed E-state index contributed by atoms with van der Waals surface area (Å²) in [6.45, 7) is 5.75. The zero-order valence-corrected chi connectivity index (χ0v) is 9.97. The Bertz CT molecular complexity index is 540. The highest BCUT2D eigenvalue weighted by Crippen LogP contribution is 2.20. The maximum absolute atomic E-state index is 5.91. The molecule has 0 aliphatic heterocycles. The standard InChI is InChI=1S/C13H15N3O/c1-9(2)12-8-13(14)16(15-12)10-4-6-11(17-3)7-5-10/h4-8H,1,14H2,2-3H3. The Morgan fingerprint density at radius 1 is 1.35 bits per heavy atom. The third kappa shape index (κ3) is 2.15. The summed E-state index contributed by atoms with van der Waals surface area (Å²) in [5.41, 5.74) is 8.51. The van der Waals surface area contributed by atoms with Gasteiger partial charge in [-0.2, -0.15) is 5.10 Å². The van der Waals surface area contributed by atoms with Crippen molar-refractivity contribution in [3.8, 4) is 11.4 Å². The van der Waals surface area contributed by atoms with E-state index >= 15 is 0 Å². The Morgan fingerprint density at radius 2 is 2.00 bits per heavy atom. The van der Waals surface area contributed by atoms with Crippen LogP contribution in [-0.4, -0.2) is 16.9 Å². The molecule has 0 unspecified atom stereocenters. The van der Waals surface area contributed by atoms with E-state index in [9.17, 15) is 0 Å². The highest BCUT2D eigenvalue weighted by atomic mass is 16.5. The van der Waals surface area contributed by atoms with Crippen LogP contribution in [0.4, 0.5) is 5.82 Å². The maximum atomic E-state index is 5.91. The molecule has 4 heteroatoms. The van der Waals surface area contributed by atoms with Gasteiger partial charge in [0.1, 0.15) is 11.6 Å². The average Bonchev–Trinajstić information content (AvgIpc) is 2.72. The first kappa shape index (κ1) is 11.3. The second-order valence-corrected chi connectivity index (χ2v) is 3.84. The van der Waals surface area contributed by atoms with Crippen LogP contribution in [0.3, 0.4) is 0 Å². The van der Waals surface area contributed by atoms with Gasteiger partial charge in [-0.05, 0) is 36.8 Å². The van der Waals surface area contributed by atoms with Gasteiger partial charge in [-0.3, -0.25) is 0 Å². The van der Waals surface area contributed by atoms with Gasteiger partial charge in [0.15, 0.2) is 0 Å². The summed E-state index contributed by atoms with van der Waals surface area (Å²) in [5.74, 6) is 1.40. The molecule has 0 atom stereocenters. The van der Waals surface area contributed by atoms with E-state index in [1.807, 2.05) is 37.3 Å². The fourth-order valence-electron chi connectivity index (χ4n) is 1.53. The van der Waals surface area contributed by atoms with E-state index in [1.54, 1.807) is 11.8 Å². The van der Waals surface area contributed by atoms with Crippen LogP contribution in [0, 0.1) is 0 Å². The van der Waals surface area contributed by atoms with Gasteiger partial charge in [-0.1, -0.05) is 6.58 Å². The van der Waals surface area contributed by atoms with E-state index in [0.29, 0.717) is 5.82 Å². The molecule has 4 nitrogen and oxygen atoms in total. The number of anilines is 1. The van der Waals surface area contributed by atoms with Gasteiger partial charge in [0.25, 0.3) is 0 Å². The van der Waals surface area contributed by atoms with Crippen molar-refractivity contribution in [2.75, 3.05) is 12.8 Å². The zero-order chi connectivity index (χ0) is 12.4. The lowest BCUT2D eigenvalue weighted by atomic mass is 10.2. The second kappa shape index (κ2) is 4.33. The van der Waals surface area contributed by atoms with Crippen molar-refractivity contribution < 1.29 is 4.74 Å². The van der Waals surface area contributed by atoms with Crippen LogP contribution in [0.2, 0.25) is 0 Å². The summed E-state index contributed by atoms with van der Waals surface area (Å²) in [5, 5.41) is 4.39. The molecule has 2 rings (SSSR count). The number of allylic oxidation sites excluding steroid dienone is 1. The molecule has 0 saturated carbocycles. The number of ether oxygens (including phenoxy) is 1. The van der Waals surface area contributed by atoms with E-state index in [-0.39, 0.29) is 0 Å². The second-order valence-electron chi connectivity index (χ2n) is 3.84. The molecule has 0 spiro atoms. The maximum Gasteiger partial charge on any atom is 0.127 e. The van der Waals surface area contributed by atoms with Gasteiger partial charge in [0, 0.05) is 6.07 Å². The highest BCUT2D eigenvalue weighted by Gasteiger charge is 2.07. The van der Waals surface area contributed by atoms with Crippen LogP contribution in [0.1, 0.15) is 12.6 Å². The number of hydrogen-bond donors (Lipinski definition) is 1. The Kier molecular flexibility index (Phi) is 2.87. The molecule has 0 bridgehead atoms. The molecule has 0 radical (unpaired) electrons. The minimum Gasteiger partial charge on any atom is -0.497 e. The number of benzene rings is 1. The molecule has 1 heterocycles. The number of methoxy groups -OCH3 is 1. The average molecular weight is 229 g/mol. The molecule has 1 aromatic heterocycles. The van der Waals surface area contributed by atoms with E-state index in [4.69, 9.17) is 10.5 Å². The van der Waals surface area contributed by atoms with Crippen LogP contribution < -0.4 is 10.5 Å². The predicted octanol–water partition coefficient (Wildman–Crippen LogP) is 2.50. The number of rotatable bonds is 3. The number of aromatic nitrogens is 2. The Balaban J connectivity index is 2.41. The van der Waals surface area contributed by atoms with Crippen molar-refractivity contribution in [3.05, 3.63) is 42.6 Å². The zero-order valence-electron chi connectivity index (χ0n) is 9.97. The molecule has 0 saturated heterocycles. The van der Waals surface area contributed by atoms with Crippen molar-refractivity contribution in [1.82, 2.24) is 9.78 Å². The molecule has 1 aromatic carbocycles. The van der Waals surface area contributed by atoms with E-state index < -0.39 is 0 Å². The summed E-state index contributed by atoms with van der Waals surface area (Å²) in [4.78, 5) is 0. The fraction of sp³-hybridized carbons (Fsp3) is 0.154. The molecular formula is C13H15N3O. The first-order chi connectivity index (χ1) is 8.11. The highest BCUT2D eigenvalue weighted by molar-refractivity contribution is 5.61. The van der Waals surface area contributed by atoms with Crippen molar-refractivity contribution in [3.63, 3.8) is 0 Å². The normalized spacial score (nSPS) is 10.2. The quantitative estimate of drug-likeness (QED) is 0.879. The third-order valence-electron chi connectivity index (χ3n) is 2.49. The van der Waals surface area contributed by atoms with E-state index in [1.165, 1.54) is 0 Å². The van der Waals surface area contributed by atoms with Crippen LogP contribution in [0.15, 0.2) is 36.9 Å². The van der Waals surface area contributed by atoms with Crippen LogP contribution in [0.25, 0.3) is 11.3 Å². The first-order valence-corrected chi connectivity index (χ1v) is 5.27. The molecule has 0 fully saturated rings. The molecule has 2 N–H and O–H groups in total. The molecule has 0 aliphatic rings. The molecular weight excluding hydrogens is 214 g/mol. The van der Waals surface area contributed by atoms with Gasteiger partial charge in [-0.25, -0.2) is 4.68 Å². The van der Waals surface area contributed by atoms with Gasteiger partial charge in [0.2, 0.25) is 0 Å². The first-order valence-electron chi connectivity index (χ1n) is 5.27. The summed E-state index contributed by atoms with van der Waals surface area (Å²) in [6, 6.07) is 9.37. The van der Waals surface area contributed by atoms with E-state index in [0.717, 1.165) is 22.7 Å². The number of nitrogens with zero attached hydrogens (tertiary/aromatic N) is 2. The lowest BCUT2D eigenvalue weighted by Gasteiger charge is -2.05. The lowest BCUT2D eigenvalue weighted by molar-refractivity contribution is 0.414. The van der Waals surface area contributed by atoms with Crippen molar-refractivity contribution in [2.24, 2.45) is 0 Å². The minimum atomic E-state index is 0.591. The van der Waals surface area contributed by atoms with Gasteiger partial charge < -0.3 is 10.5 Å². The van der Waals surface area contributed by atoms with E-state index in [2.05, 4.69) is 11.7 Å². The topological polar surface area (TPSA) is 53.1 Å². The minimum absolute atomic E-state index is 0.591. The third-order valence-corrected chi connectivity index (χ3v) is 2.49. The summed E-state index contributed by atoms with van der Waals surface area (Å²) >= 11 is 0. The van der Waals surface area contributed by atoms with Crippen molar-refractivity contribution in [1.29, 1.82) is 0 Å². The molecule has 2 aromatic rings. The predicted molar refractivity (Wildman–Crippen MR) is 69.2 cm³/mol. The molecule has 0 amide bonds. The summed E-state index contributed by atoms with van der Waals surface area (Å²) in [6.07, 6.45) is 0. The Labute approximate surface area is 100 Å². The number of hydrogen-bond acceptors (Lipinski definition) is 3. The summed E-state index contributed by atoms with van der Waals surface area (Å²) < 4.78 is 6.79. The Morgan fingerprint density at radius 3 is 2.47 bits per heavy atom. The summed E-state index contributed by atoms with van der Waals surface area (Å²) in [7, 11) is 1.64. The number of nitrogen functional groups attached to an aromatic ring is 1. The van der Waals surface area contributed by atoms with Crippen LogP contribution in [-0.2, 0) is 0 Å². The molecule has 17 heavy (non-hydrogen) atoms. The smallest absolute Gasteiger partial charge is 0.127 e. The number of nitrogens with two attached hydrogens (primary N) is 1. The van der Waals surface area contributed by atoms with Gasteiger partial charge in [0.05, 0.1) is 18.5 Å². The van der Waals surface area contributed by atoms with Crippen molar-refractivity contribution in [2.45, 2.75) is 6.92 Å². The van der Waals surface area contributed by atoms with Gasteiger partial charge >= 0.3 is 0 Å². The monoisotopic (exact) mass is 229 g/mol. The fourth-order valence-corrected chi connectivity index (χ4v) is 1.53. The lowest BCUT2D eigenvalue weighted by Crippen LogP contribution is -2.01. The largest absolute Gasteiger partial charge is 0.497 e. The molecule has 88 valence electrons. The Hall–Kier alpha value is -2.23. The SMILES string of the molecule is C=C(C)c1cc(N)n(-c2ccc(OC)cc2)n1. The van der Waals surface area contributed by atoms with Gasteiger partial charge in [-0.15, -0.1) is 0 Å².